The first-order chi connectivity index (χ1) is 11.9. The Bertz CT molecular complexity index is 476. The molecule has 0 aliphatic heterocycles. The fourth-order valence-corrected chi connectivity index (χ4v) is 4.16. The van der Waals surface area contributed by atoms with E-state index < -0.39 is 11.4 Å². The van der Waals surface area contributed by atoms with Crippen LogP contribution in [0.3, 0.4) is 0 Å². The lowest BCUT2D eigenvalue weighted by Gasteiger charge is -2.40. The van der Waals surface area contributed by atoms with E-state index >= 15 is 0 Å². The zero-order chi connectivity index (χ0) is 18.9. The van der Waals surface area contributed by atoms with Gasteiger partial charge in [-0.1, -0.05) is 76.7 Å². The number of carboxylic acids is 1. The molecule has 1 aliphatic rings. The molecule has 0 amide bonds. The van der Waals surface area contributed by atoms with Crippen molar-refractivity contribution in [2.24, 2.45) is 17.3 Å². The first-order valence-corrected chi connectivity index (χ1v) is 10.1. The van der Waals surface area contributed by atoms with Crippen molar-refractivity contribution < 1.29 is 14.6 Å². The van der Waals surface area contributed by atoms with Gasteiger partial charge in [-0.05, 0) is 31.6 Å². The van der Waals surface area contributed by atoms with Gasteiger partial charge in [-0.2, -0.15) is 0 Å². The molecule has 2 atom stereocenters. The molecule has 0 saturated carbocycles. The zero-order valence-corrected chi connectivity index (χ0v) is 16.9. The third kappa shape index (κ3) is 5.99. The molecule has 1 aliphatic carbocycles. The van der Waals surface area contributed by atoms with Crippen molar-refractivity contribution in [2.45, 2.75) is 79.1 Å². The first kappa shape index (κ1) is 22.0. The lowest BCUT2D eigenvalue weighted by Crippen LogP contribution is -2.41. The second kappa shape index (κ2) is 10.8. The molecule has 3 heteroatoms. The second-order valence-corrected chi connectivity index (χ2v) is 7.90. The summed E-state index contributed by atoms with van der Waals surface area (Å²) in [7, 11) is 1.70. The number of aliphatic carboxylic acids is 1. The maximum absolute atomic E-state index is 12.5. The van der Waals surface area contributed by atoms with Crippen LogP contribution >= 0.6 is 0 Å². The number of allylic oxidation sites excluding steroid dienone is 3. The molecule has 1 N–H and O–H groups in total. The average Bonchev–Trinajstić information content (AvgIpc) is 2.54. The molecule has 0 radical (unpaired) electrons. The molecule has 1 rings (SSSR count). The number of carboxylic acid groups (broad SMARTS) is 1. The van der Waals surface area contributed by atoms with Gasteiger partial charge in [-0.25, -0.2) is 0 Å². The summed E-state index contributed by atoms with van der Waals surface area (Å²) in [5, 5.41) is 10.3. The molecule has 2 unspecified atom stereocenters. The van der Waals surface area contributed by atoms with Crippen LogP contribution in [-0.2, 0) is 9.53 Å². The van der Waals surface area contributed by atoms with Gasteiger partial charge in [0.05, 0.1) is 5.41 Å². The van der Waals surface area contributed by atoms with Crippen LogP contribution in [0.4, 0.5) is 0 Å². The summed E-state index contributed by atoms with van der Waals surface area (Å²) in [6, 6.07) is 0. The van der Waals surface area contributed by atoms with E-state index in [0.717, 1.165) is 51.4 Å². The van der Waals surface area contributed by atoms with E-state index in [-0.39, 0.29) is 5.92 Å². The normalized spacial score (nSPS) is 23.5. The van der Waals surface area contributed by atoms with Crippen LogP contribution in [0.25, 0.3) is 0 Å². The molecule has 0 aromatic heterocycles. The zero-order valence-electron chi connectivity index (χ0n) is 16.9. The lowest BCUT2D eigenvalue weighted by atomic mass is 9.63. The van der Waals surface area contributed by atoms with Gasteiger partial charge in [-0.15, -0.1) is 0 Å². The summed E-state index contributed by atoms with van der Waals surface area (Å²) in [5.41, 5.74) is 1.76. The van der Waals surface area contributed by atoms with Crippen LogP contribution in [0, 0.1) is 17.3 Å². The Labute approximate surface area is 154 Å². The van der Waals surface area contributed by atoms with Crippen molar-refractivity contribution in [3.05, 3.63) is 23.3 Å². The van der Waals surface area contributed by atoms with Gasteiger partial charge in [0.2, 0.25) is 0 Å². The quantitative estimate of drug-likeness (QED) is 0.469. The second-order valence-electron chi connectivity index (χ2n) is 7.90. The van der Waals surface area contributed by atoms with E-state index in [0.29, 0.717) is 12.5 Å². The standard InChI is InChI=1S/C22H38O3/c1-6-9-18-15-19(10-7-2)20(12-14-25-5)22(16-18,21(23)24)13-8-11-17(3)4/h15-17,20H,6-14H2,1-5H3,(H,23,24). The van der Waals surface area contributed by atoms with Crippen molar-refractivity contribution in [3.63, 3.8) is 0 Å². The van der Waals surface area contributed by atoms with E-state index in [4.69, 9.17) is 4.74 Å². The Morgan fingerprint density at radius 1 is 1.28 bits per heavy atom. The van der Waals surface area contributed by atoms with E-state index in [9.17, 15) is 9.90 Å². The smallest absolute Gasteiger partial charge is 0.314 e. The topological polar surface area (TPSA) is 46.5 Å². The largest absolute Gasteiger partial charge is 0.481 e. The van der Waals surface area contributed by atoms with E-state index in [1.807, 2.05) is 0 Å². The van der Waals surface area contributed by atoms with Crippen LogP contribution in [0.1, 0.15) is 79.1 Å². The van der Waals surface area contributed by atoms with Crippen LogP contribution in [-0.4, -0.2) is 24.8 Å². The maximum Gasteiger partial charge on any atom is 0.314 e. The molecule has 0 aromatic carbocycles. The summed E-state index contributed by atoms with van der Waals surface area (Å²) < 4.78 is 5.32. The first-order valence-electron chi connectivity index (χ1n) is 10.1. The Kier molecular flexibility index (Phi) is 9.48. The molecule has 0 bridgehead atoms. The molecule has 0 heterocycles. The molecule has 25 heavy (non-hydrogen) atoms. The Morgan fingerprint density at radius 3 is 2.48 bits per heavy atom. The molecular weight excluding hydrogens is 312 g/mol. The van der Waals surface area contributed by atoms with E-state index in [1.165, 1.54) is 11.1 Å². The van der Waals surface area contributed by atoms with Gasteiger partial charge in [0, 0.05) is 19.6 Å². The van der Waals surface area contributed by atoms with Crippen molar-refractivity contribution in [1.82, 2.24) is 0 Å². The highest BCUT2D eigenvalue weighted by Crippen LogP contribution is 2.47. The van der Waals surface area contributed by atoms with Crippen LogP contribution < -0.4 is 0 Å². The minimum Gasteiger partial charge on any atom is -0.481 e. The maximum atomic E-state index is 12.5. The number of hydrogen-bond acceptors (Lipinski definition) is 2. The number of ether oxygens (including phenoxy) is 1. The molecule has 0 spiro atoms. The minimum atomic E-state index is -0.767. The summed E-state index contributed by atoms with van der Waals surface area (Å²) in [6.45, 7) is 9.36. The Morgan fingerprint density at radius 2 is 1.96 bits per heavy atom. The Balaban J connectivity index is 3.25. The molecule has 3 nitrogen and oxygen atoms in total. The molecule has 0 fully saturated rings. The molecular formula is C22H38O3. The third-order valence-corrected chi connectivity index (χ3v) is 5.34. The van der Waals surface area contributed by atoms with Gasteiger partial charge >= 0.3 is 5.97 Å². The Hall–Kier alpha value is -1.09. The average molecular weight is 351 g/mol. The predicted octanol–water partition coefficient (Wildman–Crippen LogP) is 6.00. The van der Waals surface area contributed by atoms with Crippen molar-refractivity contribution in [2.75, 3.05) is 13.7 Å². The minimum absolute atomic E-state index is 0.0534. The lowest BCUT2D eigenvalue weighted by molar-refractivity contribution is -0.149. The molecule has 0 aromatic rings. The van der Waals surface area contributed by atoms with Crippen LogP contribution in [0.15, 0.2) is 23.3 Å². The monoisotopic (exact) mass is 350 g/mol. The fourth-order valence-electron chi connectivity index (χ4n) is 4.16. The van der Waals surface area contributed by atoms with Crippen LogP contribution in [0.5, 0.6) is 0 Å². The highest BCUT2D eigenvalue weighted by atomic mass is 16.5. The summed E-state index contributed by atoms with van der Waals surface area (Å²) in [4.78, 5) is 12.5. The third-order valence-electron chi connectivity index (χ3n) is 5.34. The summed E-state index contributed by atoms with van der Waals surface area (Å²) in [5.74, 6) is 0.00180. The highest BCUT2D eigenvalue weighted by molar-refractivity contribution is 5.79. The van der Waals surface area contributed by atoms with E-state index in [1.54, 1.807) is 7.11 Å². The van der Waals surface area contributed by atoms with Gasteiger partial charge in [0.15, 0.2) is 0 Å². The van der Waals surface area contributed by atoms with Crippen molar-refractivity contribution in [1.29, 1.82) is 0 Å². The van der Waals surface area contributed by atoms with Gasteiger partial charge in [-0.3, -0.25) is 4.79 Å². The number of rotatable bonds is 12. The number of carbonyl (C=O) groups is 1. The summed E-state index contributed by atoms with van der Waals surface area (Å²) >= 11 is 0. The van der Waals surface area contributed by atoms with Crippen molar-refractivity contribution >= 4 is 5.97 Å². The van der Waals surface area contributed by atoms with Gasteiger partial charge in [0.1, 0.15) is 0 Å². The SMILES string of the molecule is CCCC1=CC(CCCC(C)C)(C(=O)O)C(CCOC)C(CCC)=C1. The number of hydrogen-bond donors (Lipinski definition) is 1. The highest BCUT2D eigenvalue weighted by Gasteiger charge is 2.46. The van der Waals surface area contributed by atoms with Gasteiger partial charge < -0.3 is 9.84 Å². The van der Waals surface area contributed by atoms with Gasteiger partial charge in [0.25, 0.3) is 0 Å². The number of methoxy groups -OCH3 is 1. The fraction of sp³-hybridized carbons (Fsp3) is 0.773. The van der Waals surface area contributed by atoms with Crippen molar-refractivity contribution in [3.8, 4) is 0 Å². The predicted molar refractivity (Wildman–Crippen MR) is 105 cm³/mol. The van der Waals surface area contributed by atoms with Crippen LogP contribution in [0.2, 0.25) is 0 Å². The molecule has 0 saturated heterocycles. The molecule has 144 valence electrons. The summed E-state index contributed by atoms with van der Waals surface area (Å²) in [6.07, 6.45) is 12.0. The van der Waals surface area contributed by atoms with E-state index in [2.05, 4.69) is 39.8 Å².